The number of nitrogens with zero attached hydrogens (tertiary/aromatic N) is 4. The Balaban J connectivity index is 0.000000145. The standard InChI is InChI=1S/C14H20N2.C12H16N2.C8H16N2.2CH4O/c1-15(2)14-12-9-16(10-13(12)14)8-11-6-4-3-5-7-11;13-12-10-7-14(8-11(10)12)6-9-4-2-1-3-5-9;1-8-5-9-4-6(8)7(8)10(2)3;2*1-2/h3-7,12-14H,8-10H2,1-2H3;1-5,10-12H,6-8,13H2;6-7,9H,4-5H2,1-3H3;2*2H,1H3/t12-,13+,14?;10-,11+,12?;6-,7-,8-;;/m..1../s1. The Morgan fingerprint density at radius 2 is 1.16 bits per heavy atom. The molecule has 6 fully saturated rings. The highest BCUT2D eigenvalue weighted by Gasteiger charge is 2.64. The van der Waals surface area contributed by atoms with Gasteiger partial charge in [-0.15, -0.1) is 0 Å². The minimum atomic E-state index is 0.516. The zero-order valence-electron chi connectivity index (χ0n) is 28.3. The Bertz CT molecular complexity index is 1100. The van der Waals surface area contributed by atoms with Crippen molar-refractivity contribution in [3.05, 3.63) is 71.8 Å². The van der Waals surface area contributed by atoms with Crippen LogP contribution in [0.4, 0.5) is 0 Å². The number of piperidine rings is 3. The van der Waals surface area contributed by atoms with Crippen molar-refractivity contribution in [3.8, 4) is 0 Å². The van der Waals surface area contributed by atoms with E-state index in [1.54, 1.807) is 0 Å². The van der Waals surface area contributed by atoms with Gasteiger partial charge < -0.3 is 31.1 Å². The Hall–Kier alpha value is -1.88. The normalized spacial score (nSPS) is 35.4. The number of aliphatic hydroxyl groups excluding tert-OH is 2. The van der Waals surface area contributed by atoms with Gasteiger partial charge in [0.15, 0.2) is 0 Å². The number of nitrogens with one attached hydrogen (secondary N) is 1. The average Bonchev–Trinajstić information content (AvgIpc) is 3.81. The Labute approximate surface area is 267 Å². The Morgan fingerprint density at radius 1 is 0.727 bits per heavy atom. The van der Waals surface area contributed by atoms with Crippen molar-refractivity contribution in [2.24, 2.45) is 40.7 Å². The van der Waals surface area contributed by atoms with Crippen LogP contribution in [0, 0.1) is 35.0 Å². The molecule has 246 valence electrons. The van der Waals surface area contributed by atoms with Crippen LogP contribution in [0.3, 0.4) is 0 Å². The topological polar surface area (TPSA) is 91.5 Å². The quantitative estimate of drug-likeness (QED) is 0.397. The van der Waals surface area contributed by atoms with Crippen molar-refractivity contribution in [3.63, 3.8) is 0 Å². The van der Waals surface area contributed by atoms with Gasteiger partial charge in [0.1, 0.15) is 0 Å². The van der Waals surface area contributed by atoms with Crippen LogP contribution in [-0.2, 0) is 13.1 Å². The van der Waals surface area contributed by atoms with Crippen LogP contribution in [-0.4, -0.2) is 130 Å². The van der Waals surface area contributed by atoms with Crippen molar-refractivity contribution in [1.82, 2.24) is 24.9 Å². The fraction of sp³-hybridized carbons (Fsp3) is 0.667. The lowest BCUT2D eigenvalue weighted by atomic mass is 10.1. The summed E-state index contributed by atoms with van der Waals surface area (Å²) in [6.07, 6.45) is 0. The van der Waals surface area contributed by atoms with Gasteiger partial charge in [-0.2, -0.15) is 0 Å². The van der Waals surface area contributed by atoms with E-state index in [1.807, 2.05) is 0 Å². The molecule has 3 saturated carbocycles. The van der Waals surface area contributed by atoms with Gasteiger partial charge in [-0.1, -0.05) is 67.6 Å². The van der Waals surface area contributed by atoms with Crippen LogP contribution in [0.15, 0.2) is 60.7 Å². The molecule has 0 aromatic heterocycles. The first-order valence-corrected chi connectivity index (χ1v) is 16.5. The zero-order chi connectivity index (χ0) is 32.0. The smallest absolute Gasteiger partial charge is 0.0319 e. The lowest BCUT2D eigenvalue weighted by molar-refractivity contribution is 0.244. The predicted molar refractivity (Wildman–Crippen MR) is 181 cm³/mol. The van der Waals surface area contributed by atoms with Crippen LogP contribution in [0.2, 0.25) is 0 Å². The maximum absolute atomic E-state index is 7.00. The third-order valence-corrected chi connectivity index (χ3v) is 10.9. The van der Waals surface area contributed by atoms with Crippen LogP contribution < -0.4 is 11.1 Å². The largest absolute Gasteiger partial charge is 0.400 e. The molecule has 2 aromatic rings. The number of nitrogens with two attached hydrogens (primary N) is 1. The average molecular weight is 609 g/mol. The molecule has 8 rings (SSSR count). The summed E-state index contributed by atoms with van der Waals surface area (Å²) < 4.78 is 0. The minimum absolute atomic E-state index is 0.516. The fourth-order valence-electron chi connectivity index (χ4n) is 8.61. The van der Waals surface area contributed by atoms with Crippen LogP contribution in [0.25, 0.3) is 0 Å². The van der Waals surface area contributed by atoms with E-state index in [4.69, 9.17) is 15.9 Å². The molecule has 3 heterocycles. The first-order chi connectivity index (χ1) is 21.3. The molecule has 9 atom stereocenters. The maximum atomic E-state index is 7.00. The van der Waals surface area contributed by atoms with Crippen molar-refractivity contribution in [2.75, 3.05) is 81.7 Å². The van der Waals surface area contributed by atoms with Gasteiger partial charge in [-0.25, -0.2) is 0 Å². The number of likely N-dealkylation sites (tertiary alicyclic amines) is 2. The van der Waals surface area contributed by atoms with E-state index in [2.05, 4.69) is 121 Å². The number of rotatable bonds is 6. The molecule has 0 spiro atoms. The summed E-state index contributed by atoms with van der Waals surface area (Å²) >= 11 is 0. The van der Waals surface area contributed by atoms with Gasteiger partial charge in [0, 0.05) is 90.1 Å². The summed E-state index contributed by atoms with van der Waals surface area (Å²) in [4.78, 5) is 9.89. The monoisotopic (exact) mass is 608 g/mol. The van der Waals surface area contributed by atoms with E-state index in [1.165, 1.54) is 50.4 Å². The van der Waals surface area contributed by atoms with Gasteiger partial charge in [-0.05, 0) is 68.9 Å². The molecular formula is C36H60N6O2. The number of hydrogen-bond acceptors (Lipinski definition) is 8. The van der Waals surface area contributed by atoms with Crippen LogP contribution in [0.5, 0.6) is 0 Å². The third-order valence-electron chi connectivity index (χ3n) is 10.9. The van der Waals surface area contributed by atoms with Gasteiger partial charge in [0.05, 0.1) is 0 Å². The second-order valence-corrected chi connectivity index (χ2v) is 14.2. The van der Waals surface area contributed by atoms with Crippen molar-refractivity contribution >= 4 is 0 Å². The molecule has 6 aliphatic rings. The number of aliphatic hydroxyl groups is 2. The lowest BCUT2D eigenvalue weighted by Crippen LogP contribution is -2.30. The number of benzene rings is 2. The van der Waals surface area contributed by atoms with Crippen molar-refractivity contribution in [2.45, 2.75) is 38.1 Å². The molecule has 3 saturated heterocycles. The Morgan fingerprint density at radius 3 is 1.50 bits per heavy atom. The van der Waals surface area contributed by atoms with Gasteiger partial charge >= 0.3 is 0 Å². The summed E-state index contributed by atoms with van der Waals surface area (Å²) in [5.41, 5.74) is 9.38. The highest BCUT2D eigenvalue weighted by molar-refractivity contribution is 5.19. The lowest BCUT2D eigenvalue weighted by Gasteiger charge is -2.21. The minimum Gasteiger partial charge on any atom is -0.400 e. The second kappa shape index (κ2) is 15.6. The zero-order valence-corrected chi connectivity index (χ0v) is 28.3. The second-order valence-electron chi connectivity index (χ2n) is 14.2. The molecule has 44 heavy (non-hydrogen) atoms. The summed E-state index contributed by atoms with van der Waals surface area (Å²) in [5, 5.41) is 17.4. The SMILES string of the molecule is CN(C)C1[C@H]2CN(Cc3ccccc3)C[C@@H]12.CN(C)[C@@H]1[C@H]2CNC[C@]21C.CO.CO.NC1[C@H]2CN(Cc3ccccc3)C[C@@H]12. The summed E-state index contributed by atoms with van der Waals surface area (Å²) in [5.74, 6) is 4.43. The fourth-order valence-corrected chi connectivity index (χ4v) is 8.61. The van der Waals surface area contributed by atoms with Crippen LogP contribution in [0.1, 0.15) is 18.1 Å². The number of fused-ring (bicyclic) bond motifs is 3. The highest BCUT2D eigenvalue weighted by atomic mass is 16.2. The molecule has 8 nitrogen and oxygen atoms in total. The van der Waals surface area contributed by atoms with E-state index < -0.39 is 0 Å². The van der Waals surface area contributed by atoms with E-state index in [0.717, 1.165) is 69.0 Å². The van der Waals surface area contributed by atoms with E-state index in [0.29, 0.717) is 11.5 Å². The molecule has 3 aliphatic carbocycles. The molecule has 5 N–H and O–H groups in total. The van der Waals surface area contributed by atoms with E-state index in [-0.39, 0.29) is 0 Å². The Kier molecular flexibility index (Phi) is 12.4. The summed E-state index contributed by atoms with van der Waals surface area (Å²) in [6.45, 7) is 12.1. The van der Waals surface area contributed by atoms with Crippen molar-refractivity contribution in [1.29, 1.82) is 0 Å². The van der Waals surface area contributed by atoms with Gasteiger partial charge in [0.2, 0.25) is 0 Å². The van der Waals surface area contributed by atoms with Crippen molar-refractivity contribution < 1.29 is 10.2 Å². The molecule has 0 bridgehead atoms. The summed E-state index contributed by atoms with van der Waals surface area (Å²) in [6, 6.07) is 23.7. The van der Waals surface area contributed by atoms with Crippen LogP contribution >= 0.6 is 0 Å². The predicted octanol–water partition coefficient (Wildman–Crippen LogP) is 2.13. The molecule has 2 aromatic carbocycles. The molecule has 2 unspecified atom stereocenters. The molecular weight excluding hydrogens is 548 g/mol. The third kappa shape index (κ3) is 8.09. The molecule has 3 aliphatic heterocycles. The maximum Gasteiger partial charge on any atom is 0.0319 e. The van der Waals surface area contributed by atoms with Gasteiger partial charge in [0.25, 0.3) is 0 Å². The highest BCUT2D eigenvalue weighted by Crippen LogP contribution is 2.56. The number of hydrogen-bond donors (Lipinski definition) is 4. The summed E-state index contributed by atoms with van der Waals surface area (Å²) in [7, 11) is 10.8. The van der Waals surface area contributed by atoms with E-state index in [9.17, 15) is 0 Å². The van der Waals surface area contributed by atoms with Gasteiger partial charge in [-0.3, -0.25) is 9.80 Å². The molecule has 0 amide bonds. The first kappa shape index (κ1) is 35.0. The molecule has 0 radical (unpaired) electrons. The van der Waals surface area contributed by atoms with E-state index >= 15 is 0 Å². The first-order valence-electron chi connectivity index (χ1n) is 16.5. The molecule has 8 heteroatoms.